The molecule has 4 rings (SSSR count). The van der Waals surface area contributed by atoms with Crippen molar-refractivity contribution in [2.75, 3.05) is 32.8 Å². The van der Waals surface area contributed by atoms with Gasteiger partial charge in [-0.2, -0.15) is 5.10 Å². The summed E-state index contributed by atoms with van der Waals surface area (Å²) in [5.41, 5.74) is 0.377. The Hall–Kier alpha value is -2.25. The van der Waals surface area contributed by atoms with Gasteiger partial charge in [-0.15, -0.1) is 0 Å². The van der Waals surface area contributed by atoms with Crippen molar-refractivity contribution in [3.05, 3.63) is 41.2 Å². The highest BCUT2D eigenvalue weighted by atomic mass is 35.5. The Kier molecular flexibility index (Phi) is 5.22. The Balaban J connectivity index is 1.42. The fraction of sp³-hybridized carbons (Fsp3) is 0.474. The first-order valence-electron chi connectivity index (χ1n) is 9.26. The topological polar surface area (TPSA) is 77.4 Å². The number of carbonyl (C=O) groups is 1. The third kappa shape index (κ3) is 3.61. The standard InChI is InChI=1S/C19H23ClN4O3/c20-15-12-14(13-16-17(15)27-11-10-26-16)2-6-22-18(25)19(3-7-21-8-4-19)24-9-1-5-23-24/h1,5,9,12-13,21H,2-4,6-8,10-11H2,(H,22,25). The third-order valence-corrected chi connectivity index (χ3v) is 5.43. The number of amides is 1. The van der Waals surface area contributed by atoms with Gasteiger partial charge in [0, 0.05) is 18.9 Å². The number of ether oxygens (including phenoxy) is 2. The molecule has 1 aromatic carbocycles. The lowest BCUT2D eigenvalue weighted by molar-refractivity contribution is -0.131. The number of halogens is 1. The average molecular weight is 391 g/mol. The molecule has 144 valence electrons. The minimum Gasteiger partial charge on any atom is -0.486 e. The van der Waals surface area contributed by atoms with Gasteiger partial charge in [0.1, 0.15) is 18.8 Å². The second-order valence-corrected chi connectivity index (χ2v) is 7.25. The molecule has 1 saturated heterocycles. The Labute approximate surface area is 163 Å². The highest BCUT2D eigenvalue weighted by molar-refractivity contribution is 6.32. The van der Waals surface area contributed by atoms with Crippen molar-refractivity contribution in [2.24, 2.45) is 0 Å². The number of aromatic nitrogens is 2. The maximum atomic E-state index is 13.0. The van der Waals surface area contributed by atoms with Crippen LogP contribution >= 0.6 is 11.6 Å². The number of fused-ring (bicyclic) bond motifs is 1. The number of nitrogens with zero attached hydrogens (tertiary/aromatic N) is 2. The maximum absolute atomic E-state index is 13.0. The van der Waals surface area contributed by atoms with E-state index < -0.39 is 5.54 Å². The summed E-state index contributed by atoms with van der Waals surface area (Å²) in [5, 5.41) is 11.3. The van der Waals surface area contributed by atoms with Gasteiger partial charge in [0.15, 0.2) is 11.5 Å². The molecule has 1 amide bonds. The van der Waals surface area contributed by atoms with Gasteiger partial charge in [-0.25, -0.2) is 0 Å². The lowest BCUT2D eigenvalue weighted by Gasteiger charge is -2.36. The van der Waals surface area contributed by atoms with Crippen molar-refractivity contribution in [2.45, 2.75) is 24.8 Å². The quantitative estimate of drug-likeness (QED) is 0.813. The first-order chi connectivity index (χ1) is 13.2. The average Bonchev–Trinajstić information content (AvgIpc) is 3.24. The van der Waals surface area contributed by atoms with E-state index in [1.165, 1.54) is 0 Å². The summed E-state index contributed by atoms with van der Waals surface area (Å²) in [6.07, 6.45) is 5.68. The van der Waals surface area contributed by atoms with Gasteiger partial charge in [0.25, 0.3) is 0 Å². The van der Waals surface area contributed by atoms with Crippen LogP contribution in [0.15, 0.2) is 30.6 Å². The SMILES string of the molecule is O=C(NCCc1cc(Cl)c2c(c1)OCCO2)C1(n2cccn2)CCNCC1. The molecule has 0 radical (unpaired) electrons. The van der Waals surface area contributed by atoms with Gasteiger partial charge in [0.2, 0.25) is 5.91 Å². The number of hydrogen-bond acceptors (Lipinski definition) is 5. The molecule has 0 saturated carbocycles. The fourth-order valence-electron chi connectivity index (χ4n) is 3.72. The van der Waals surface area contributed by atoms with Crippen LogP contribution in [0.2, 0.25) is 5.02 Å². The van der Waals surface area contributed by atoms with Crippen molar-refractivity contribution in [1.82, 2.24) is 20.4 Å². The normalized spacial score (nSPS) is 18.1. The van der Waals surface area contributed by atoms with Crippen LogP contribution in [-0.4, -0.2) is 48.5 Å². The van der Waals surface area contributed by atoms with Crippen molar-refractivity contribution in [3.8, 4) is 11.5 Å². The van der Waals surface area contributed by atoms with E-state index in [1.54, 1.807) is 10.9 Å². The van der Waals surface area contributed by atoms with Crippen molar-refractivity contribution < 1.29 is 14.3 Å². The number of hydrogen-bond donors (Lipinski definition) is 2. The van der Waals surface area contributed by atoms with E-state index in [0.717, 1.165) is 31.5 Å². The number of carbonyl (C=O) groups excluding carboxylic acids is 1. The second-order valence-electron chi connectivity index (χ2n) is 6.84. The van der Waals surface area contributed by atoms with E-state index >= 15 is 0 Å². The number of rotatable bonds is 5. The van der Waals surface area contributed by atoms with E-state index in [1.807, 2.05) is 24.4 Å². The van der Waals surface area contributed by atoms with E-state index in [-0.39, 0.29) is 5.91 Å². The predicted octanol–water partition coefficient (Wildman–Crippen LogP) is 1.75. The van der Waals surface area contributed by atoms with E-state index in [9.17, 15) is 4.79 Å². The fourth-order valence-corrected chi connectivity index (χ4v) is 4.00. The summed E-state index contributed by atoms with van der Waals surface area (Å²) in [4.78, 5) is 13.0. The van der Waals surface area contributed by atoms with Gasteiger partial charge >= 0.3 is 0 Å². The molecule has 1 aromatic heterocycles. The molecular formula is C19H23ClN4O3. The predicted molar refractivity (Wildman–Crippen MR) is 101 cm³/mol. The molecule has 2 aromatic rings. The van der Waals surface area contributed by atoms with E-state index in [0.29, 0.717) is 42.7 Å². The molecule has 1 fully saturated rings. The molecule has 2 N–H and O–H groups in total. The van der Waals surface area contributed by atoms with Crippen LogP contribution in [0.1, 0.15) is 18.4 Å². The molecule has 27 heavy (non-hydrogen) atoms. The highest BCUT2D eigenvalue weighted by Crippen LogP contribution is 2.38. The molecule has 0 bridgehead atoms. The van der Waals surface area contributed by atoms with Gasteiger partial charge in [0.05, 0.1) is 5.02 Å². The van der Waals surface area contributed by atoms with Gasteiger partial charge in [-0.3, -0.25) is 9.48 Å². The number of nitrogens with one attached hydrogen (secondary N) is 2. The summed E-state index contributed by atoms with van der Waals surface area (Å²) in [6.45, 7) is 3.14. The van der Waals surface area contributed by atoms with Crippen molar-refractivity contribution in [3.63, 3.8) is 0 Å². The zero-order valence-electron chi connectivity index (χ0n) is 15.0. The summed E-state index contributed by atoms with van der Waals surface area (Å²) in [5.74, 6) is 1.28. The number of piperidine rings is 1. The Morgan fingerprint density at radius 1 is 1.30 bits per heavy atom. The Bertz CT molecular complexity index is 804. The lowest BCUT2D eigenvalue weighted by atomic mass is 9.87. The molecule has 7 nitrogen and oxygen atoms in total. The van der Waals surface area contributed by atoms with E-state index in [2.05, 4.69) is 15.7 Å². The molecule has 0 atom stereocenters. The molecule has 3 heterocycles. The molecular weight excluding hydrogens is 368 g/mol. The van der Waals surface area contributed by atoms with Crippen LogP contribution in [-0.2, 0) is 16.8 Å². The Morgan fingerprint density at radius 2 is 2.11 bits per heavy atom. The third-order valence-electron chi connectivity index (χ3n) is 5.15. The second kappa shape index (κ2) is 7.78. The van der Waals surface area contributed by atoms with Gasteiger partial charge in [-0.05, 0) is 56.1 Å². The van der Waals surface area contributed by atoms with Gasteiger partial charge in [-0.1, -0.05) is 11.6 Å². The number of benzene rings is 1. The summed E-state index contributed by atoms with van der Waals surface area (Å²) < 4.78 is 13.0. The van der Waals surface area contributed by atoms with Crippen LogP contribution in [0, 0.1) is 0 Å². The van der Waals surface area contributed by atoms with Gasteiger partial charge < -0.3 is 20.1 Å². The summed E-state index contributed by atoms with van der Waals surface area (Å²) >= 11 is 6.29. The molecule has 0 spiro atoms. The molecule has 2 aliphatic rings. The minimum absolute atomic E-state index is 0.0105. The molecule has 8 heteroatoms. The van der Waals surface area contributed by atoms with Crippen LogP contribution in [0.5, 0.6) is 11.5 Å². The monoisotopic (exact) mass is 390 g/mol. The smallest absolute Gasteiger partial charge is 0.248 e. The van der Waals surface area contributed by atoms with Crippen molar-refractivity contribution >= 4 is 17.5 Å². The maximum Gasteiger partial charge on any atom is 0.248 e. The zero-order chi connectivity index (χ0) is 18.7. The van der Waals surface area contributed by atoms with E-state index in [4.69, 9.17) is 21.1 Å². The van der Waals surface area contributed by atoms with Crippen molar-refractivity contribution in [1.29, 1.82) is 0 Å². The highest BCUT2D eigenvalue weighted by Gasteiger charge is 2.41. The minimum atomic E-state index is -0.626. The van der Waals surface area contributed by atoms with Crippen LogP contribution in [0.25, 0.3) is 0 Å². The lowest BCUT2D eigenvalue weighted by Crippen LogP contribution is -2.54. The van der Waals surface area contributed by atoms with Crippen LogP contribution in [0.4, 0.5) is 0 Å². The van der Waals surface area contributed by atoms with Crippen LogP contribution in [0.3, 0.4) is 0 Å². The summed E-state index contributed by atoms with van der Waals surface area (Å²) in [6, 6.07) is 5.66. The largest absolute Gasteiger partial charge is 0.486 e. The molecule has 2 aliphatic heterocycles. The first kappa shape index (κ1) is 18.1. The molecule has 0 aliphatic carbocycles. The van der Waals surface area contributed by atoms with Crippen LogP contribution < -0.4 is 20.1 Å². The molecule has 0 unspecified atom stereocenters. The Morgan fingerprint density at radius 3 is 2.89 bits per heavy atom. The zero-order valence-corrected chi connectivity index (χ0v) is 15.8. The first-order valence-corrected chi connectivity index (χ1v) is 9.64. The summed E-state index contributed by atoms with van der Waals surface area (Å²) in [7, 11) is 0.